The zero-order valence-electron chi connectivity index (χ0n) is 14.5. The second-order valence-electron chi connectivity index (χ2n) is 6.95. The van der Waals surface area contributed by atoms with Crippen LogP contribution in [0.25, 0.3) is 10.2 Å². The largest absolute Gasteiger partial charge is 0.383 e. The van der Waals surface area contributed by atoms with Crippen molar-refractivity contribution in [3.05, 3.63) is 29.3 Å². The summed E-state index contributed by atoms with van der Waals surface area (Å²) in [6, 6.07) is 7.52. The van der Waals surface area contributed by atoms with E-state index in [1.54, 1.807) is 0 Å². The zero-order chi connectivity index (χ0) is 17.8. The van der Waals surface area contributed by atoms with Crippen molar-refractivity contribution in [2.24, 2.45) is 11.8 Å². The number of fused-ring (bicyclic) bond motifs is 1. The molecule has 1 aromatic heterocycles. The first-order valence-electron chi connectivity index (χ1n) is 9.07. The molecule has 1 aromatic carbocycles. The monoisotopic (exact) mass is 362 g/mol. The number of thiazole rings is 1. The minimum absolute atomic E-state index is 0.368. The minimum atomic E-state index is -1.49. The van der Waals surface area contributed by atoms with Crippen molar-refractivity contribution in [1.82, 2.24) is 10.3 Å². The van der Waals surface area contributed by atoms with Crippen molar-refractivity contribution in [2.75, 3.05) is 6.54 Å². The fraction of sp³-hybridized carbons (Fsp3) is 0.579. The van der Waals surface area contributed by atoms with Gasteiger partial charge in [0.25, 0.3) is 5.91 Å². The Balaban J connectivity index is 1.53. The number of nitrogens with zero attached hydrogens (tertiary/aromatic N) is 1. The molecule has 1 aliphatic rings. The fourth-order valence-electron chi connectivity index (χ4n) is 3.49. The second-order valence-corrected chi connectivity index (χ2v) is 8.01. The number of aromatic nitrogens is 1. The molecule has 1 aliphatic carbocycles. The van der Waals surface area contributed by atoms with Crippen LogP contribution in [0, 0.1) is 11.8 Å². The van der Waals surface area contributed by atoms with Crippen molar-refractivity contribution in [1.29, 1.82) is 0 Å². The number of carbonyl (C=O) groups is 1. The van der Waals surface area contributed by atoms with Gasteiger partial charge in [-0.1, -0.05) is 38.3 Å². The standard InChI is InChI=1S/C19H26N2O3S/c1-2-12-7-9-13(10-8-12)11-20-18(24)16(22)17(23)19-21-14-5-3-4-6-15(14)25-19/h3-6,12-13,16-17,22-23H,2,7-11H2,1H3,(H,20,24). The van der Waals surface area contributed by atoms with Crippen LogP contribution >= 0.6 is 11.3 Å². The summed E-state index contributed by atoms with van der Waals surface area (Å²) in [7, 11) is 0. The van der Waals surface area contributed by atoms with Gasteiger partial charge in [-0.25, -0.2) is 4.98 Å². The van der Waals surface area contributed by atoms with Crippen molar-refractivity contribution in [2.45, 2.75) is 51.2 Å². The molecular weight excluding hydrogens is 336 g/mol. The maximum absolute atomic E-state index is 12.2. The van der Waals surface area contributed by atoms with Gasteiger partial charge in [0, 0.05) is 6.54 Å². The average molecular weight is 362 g/mol. The first-order chi connectivity index (χ1) is 12.1. The highest BCUT2D eigenvalue weighted by molar-refractivity contribution is 7.18. The molecule has 1 fully saturated rings. The smallest absolute Gasteiger partial charge is 0.252 e. The summed E-state index contributed by atoms with van der Waals surface area (Å²) in [6.45, 7) is 2.80. The molecule has 0 saturated heterocycles. The number of hydrogen-bond acceptors (Lipinski definition) is 5. The van der Waals surface area contributed by atoms with Crippen molar-refractivity contribution in [3.63, 3.8) is 0 Å². The number of aliphatic hydroxyl groups excluding tert-OH is 2. The summed E-state index contributed by atoms with van der Waals surface area (Å²) < 4.78 is 0.928. The average Bonchev–Trinajstić information content (AvgIpc) is 3.09. The Hall–Kier alpha value is -1.50. The van der Waals surface area contributed by atoms with Gasteiger partial charge in [-0.05, 0) is 36.8 Å². The topological polar surface area (TPSA) is 82.5 Å². The number of aliphatic hydroxyl groups is 2. The highest BCUT2D eigenvalue weighted by Crippen LogP contribution is 2.30. The maximum Gasteiger partial charge on any atom is 0.252 e. The summed E-state index contributed by atoms with van der Waals surface area (Å²) >= 11 is 1.30. The van der Waals surface area contributed by atoms with E-state index in [9.17, 15) is 15.0 Å². The van der Waals surface area contributed by atoms with E-state index in [1.807, 2.05) is 24.3 Å². The SMILES string of the molecule is CCC1CCC(CNC(=O)C(O)C(O)c2nc3ccccc3s2)CC1. The Morgan fingerprint density at radius 3 is 2.60 bits per heavy atom. The zero-order valence-corrected chi connectivity index (χ0v) is 15.3. The van der Waals surface area contributed by atoms with Gasteiger partial charge in [0.1, 0.15) is 11.1 Å². The highest BCUT2D eigenvalue weighted by atomic mass is 32.1. The lowest BCUT2D eigenvalue weighted by molar-refractivity contribution is -0.135. The van der Waals surface area contributed by atoms with Gasteiger partial charge < -0.3 is 15.5 Å². The Morgan fingerprint density at radius 1 is 1.24 bits per heavy atom. The molecule has 1 amide bonds. The van der Waals surface area contributed by atoms with Crippen molar-refractivity contribution in [3.8, 4) is 0 Å². The van der Waals surface area contributed by atoms with Crippen LogP contribution in [0.4, 0.5) is 0 Å². The fourth-order valence-corrected chi connectivity index (χ4v) is 4.47. The third-order valence-electron chi connectivity index (χ3n) is 5.24. The first-order valence-corrected chi connectivity index (χ1v) is 9.89. The number of rotatable bonds is 6. The lowest BCUT2D eigenvalue weighted by Gasteiger charge is -2.28. The van der Waals surface area contributed by atoms with Gasteiger partial charge in [-0.3, -0.25) is 4.79 Å². The molecule has 0 spiro atoms. The third-order valence-corrected chi connectivity index (χ3v) is 6.35. The molecule has 1 heterocycles. The molecule has 2 atom stereocenters. The van der Waals surface area contributed by atoms with Gasteiger partial charge in [0.05, 0.1) is 10.2 Å². The van der Waals surface area contributed by atoms with E-state index in [4.69, 9.17) is 0 Å². The van der Waals surface area contributed by atoms with Crippen LogP contribution in [-0.2, 0) is 4.79 Å². The lowest BCUT2D eigenvalue weighted by Crippen LogP contribution is -2.41. The van der Waals surface area contributed by atoms with E-state index in [1.165, 1.54) is 30.6 Å². The van der Waals surface area contributed by atoms with E-state index < -0.39 is 18.1 Å². The number of amides is 1. The molecule has 0 radical (unpaired) electrons. The van der Waals surface area contributed by atoms with Crippen LogP contribution in [0.5, 0.6) is 0 Å². The normalized spacial score (nSPS) is 23.3. The quantitative estimate of drug-likeness (QED) is 0.738. The number of nitrogens with one attached hydrogen (secondary N) is 1. The number of hydrogen-bond donors (Lipinski definition) is 3. The Kier molecular flexibility index (Phi) is 6.04. The number of para-hydroxylation sites is 1. The van der Waals surface area contributed by atoms with E-state index in [0.717, 1.165) is 29.0 Å². The molecular formula is C19H26N2O3S. The summed E-state index contributed by atoms with van der Waals surface area (Å²) in [5.74, 6) is 0.765. The highest BCUT2D eigenvalue weighted by Gasteiger charge is 2.29. The van der Waals surface area contributed by atoms with Gasteiger partial charge in [0.15, 0.2) is 6.10 Å². The predicted octanol–water partition coefficient (Wildman–Crippen LogP) is 3.02. The van der Waals surface area contributed by atoms with Crippen LogP contribution < -0.4 is 5.32 Å². The molecule has 3 N–H and O–H groups in total. The van der Waals surface area contributed by atoms with Crippen LogP contribution in [0.15, 0.2) is 24.3 Å². The molecule has 0 aliphatic heterocycles. The molecule has 5 nitrogen and oxygen atoms in total. The van der Waals surface area contributed by atoms with Gasteiger partial charge in [0.2, 0.25) is 0 Å². The molecule has 0 bridgehead atoms. The maximum atomic E-state index is 12.2. The number of benzene rings is 1. The molecule has 1 saturated carbocycles. The minimum Gasteiger partial charge on any atom is -0.383 e. The van der Waals surface area contributed by atoms with E-state index in [2.05, 4.69) is 17.2 Å². The molecule has 6 heteroatoms. The lowest BCUT2D eigenvalue weighted by atomic mass is 9.81. The third kappa shape index (κ3) is 4.37. The summed E-state index contributed by atoms with van der Waals surface area (Å²) in [4.78, 5) is 16.5. The molecule has 25 heavy (non-hydrogen) atoms. The number of carbonyl (C=O) groups excluding carboxylic acids is 1. The van der Waals surface area contributed by atoms with Gasteiger partial charge in [-0.2, -0.15) is 0 Å². The molecule has 2 aromatic rings. The van der Waals surface area contributed by atoms with Crippen molar-refractivity contribution < 1.29 is 15.0 Å². The summed E-state index contributed by atoms with van der Waals surface area (Å²) in [5.41, 5.74) is 0.766. The van der Waals surface area contributed by atoms with Crippen LogP contribution in [0.1, 0.15) is 50.1 Å². The Bertz CT molecular complexity index is 677. The van der Waals surface area contributed by atoms with Gasteiger partial charge >= 0.3 is 0 Å². The second kappa shape index (κ2) is 8.25. The van der Waals surface area contributed by atoms with E-state index >= 15 is 0 Å². The molecule has 136 valence electrons. The molecule has 2 unspecified atom stereocenters. The van der Waals surface area contributed by atoms with Crippen LogP contribution in [0.3, 0.4) is 0 Å². The predicted molar refractivity (Wildman–Crippen MR) is 99.3 cm³/mol. The first kappa shape index (κ1) is 18.3. The van der Waals surface area contributed by atoms with Crippen LogP contribution in [-0.4, -0.2) is 33.8 Å². The van der Waals surface area contributed by atoms with Crippen molar-refractivity contribution >= 4 is 27.5 Å². The molecule has 3 rings (SSSR count). The van der Waals surface area contributed by atoms with Crippen LogP contribution in [0.2, 0.25) is 0 Å². The Morgan fingerprint density at radius 2 is 1.92 bits per heavy atom. The van der Waals surface area contributed by atoms with E-state index in [0.29, 0.717) is 17.5 Å². The summed E-state index contributed by atoms with van der Waals surface area (Å²) in [5, 5.41) is 23.6. The Labute approximate surface area is 152 Å². The summed E-state index contributed by atoms with van der Waals surface area (Å²) in [6.07, 6.45) is 3.11. The van der Waals surface area contributed by atoms with E-state index in [-0.39, 0.29) is 0 Å². The van der Waals surface area contributed by atoms with Gasteiger partial charge in [-0.15, -0.1) is 11.3 Å².